The molecule has 3 rings (SSSR count). The van der Waals surface area contributed by atoms with Crippen molar-refractivity contribution in [2.45, 2.75) is 32.7 Å². The minimum atomic E-state index is -0.868. The van der Waals surface area contributed by atoms with Crippen LogP contribution >= 0.6 is 0 Å². The van der Waals surface area contributed by atoms with Crippen LogP contribution in [-0.4, -0.2) is 20.6 Å². The van der Waals surface area contributed by atoms with Crippen LogP contribution < -0.4 is 0 Å². The molecule has 1 saturated carbocycles. The number of aromatic carboxylic acids is 1. The van der Waals surface area contributed by atoms with Crippen LogP contribution in [0.1, 0.15) is 41.9 Å². The molecular weight excluding hydrogens is 228 g/mol. The van der Waals surface area contributed by atoms with E-state index in [2.05, 4.69) is 16.5 Å². The van der Waals surface area contributed by atoms with Crippen molar-refractivity contribution in [1.82, 2.24) is 9.55 Å². The first-order valence-electron chi connectivity index (χ1n) is 6.30. The van der Waals surface area contributed by atoms with E-state index >= 15 is 0 Å². The Morgan fingerprint density at radius 2 is 2.28 bits per heavy atom. The second-order valence-corrected chi connectivity index (χ2v) is 5.09. The smallest absolute Gasteiger partial charge is 0.338 e. The third-order valence-corrected chi connectivity index (χ3v) is 3.93. The summed E-state index contributed by atoms with van der Waals surface area (Å²) >= 11 is 0. The number of hydrogen-bond acceptors (Lipinski definition) is 2. The molecule has 2 aromatic heterocycles. The van der Waals surface area contributed by atoms with Gasteiger partial charge in [-0.15, -0.1) is 0 Å². The summed E-state index contributed by atoms with van der Waals surface area (Å²) in [6.45, 7) is 4.04. The van der Waals surface area contributed by atoms with Gasteiger partial charge in [0.05, 0.1) is 5.56 Å². The summed E-state index contributed by atoms with van der Waals surface area (Å²) in [6, 6.07) is 3.96. The molecule has 1 fully saturated rings. The van der Waals surface area contributed by atoms with Crippen LogP contribution in [0.25, 0.3) is 11.0 Å². The average Bonchev–Trinajstić information content (AvgIpc) is 3.11. The van der Waals surface area contributed by atoms with Crippen molar-refractivity contribution >= 4 is 17.0 Å². The van der Waals surface area contributed by atoms with Crippen molar-refractivity contribution < 1.29 is 9.90 Å². The SMILES string of the molecule is Cc1c(C(=O)O)c2cccnc2n1C(C)C1CC1. The van der Waals surface area contributed by atoms with Crippen molar-refractivity contribution in [3.8, 4) is 0 Å². The Hall–Kier alpha value is -1.84. The minimum Gasteiger partial charge on any atom is -0.478 e. The van der Waals surface area contributed by atoms with Crippen molar-refractivity contribution in [2.24, 2.45) is 5.92 Å². The van der Waals surface area contributed by atoms with E-state index in [1.165, 1.54) is 12.8 Å². The van der Waals surface area contributed by atoms with Gasteiger partial charge >= 0.3 is 5.97 Å². The highest BCUT2D eigenvalue weighted by Crippen LogP contribution is 2.42. The maximum Gasteiger partial charge on any atom is 0.338 e. The number of fused-ring (bicyclic) bond motifs is 1. The summed E-state index contributed by atoms with van der Waals surface area (Å²) in [5.41, 5.74) is 2.01. The Morgan fingerprint density at radius 3 is 2.89 bits per heavy atom. The van der Waals surface area contributed by atoms with Crippen LogP contribution in [-0.2, 0) is 0 Å². The Labute approximate surface area is 105 Å². The van der Waals surface area contributed by atoms with Crippen molar-refractivity contribution in [1.29, 1.82) is 0 Å². The summed E-state index contributed by atoms with van der Waals surface area (Å²) in [5.74, 6) is -0.199. The quantitative estimate of drug-likeness (QED) is 0.902. The summed E-state index contributed by atoms with van der Waals surface area (Å²) in [6.07, 6.45) is 4.19. The second kappa shape index (κ2) is 3.83. The standard InChI is InChI=1S/C14H16N2O2/c1-8(10-5-6-10)16-9(2)12(14(17)18)11-4-3-7-15-13(11)16/h3-4,7-8,10H,5-6H2,1-2H3,(H,17,18). The number of carbonyl (C=O) groups is 1. The lowest BCUT2D eigenvalue weighted by molar-refractivity contribution is 0.0698. The van der Waals surface area contributed by atoms with E-state index in [9.17, 15) is 9.90 Å². The molecule has 0 saturated heterocycles. The monoisotopic (exact) mass is 244 g/mol. The van der Waals surface area contributed by atoms with Crippen LogP contribution in [0, 0.1) is 12.8 Å². The zero-order chi connectivity index (χ0) is 12.9. The van der Waals surface area contributed by atoms with Gasteiger partial charge in [-0.2, -0.15) is 0 Å². The Morgan fingerprint density at radius 1 is 1.56 bits per heavy atom. The lowest BCUT2D eigenvalue weighted by atomic mass is 10.2. The number of pyridine rings is 1. The van der Waals surface area contributed by atoms with Crippen LogP contribution in [0.3, 0.4) is 0 Å². The van der Waals surface area contributed by atoms with E-state index in [4.69, 9.17) is 0 Å². The summed E-state index contributed by atoms with van der Waals surface area (Å²) in [5, 5.41) is 10.1. The molecule has 0 spiro atoms. The lowest BCUT2D eigenvalue weighted by Gasteiger charge is -2.16. The Bertz CT molecular complexity index is 626. The molecule has 0 radical (unpaired) electrons. The molecule has 0 bridgehead atoms. The molecule has 0 aromatic carbocycles. The average molecular weight is 244 g/mol. The molecule has 94 valence electrons. The highest BCUT2D eigenvalue weighted by atomic mass is 16.4. The van der Waals surface area contributed by atoms with Crippen molar-refractivity contribution in [3.05, 3.63) is 29.6 Å². The molecule has 1 N–H and O–H groups in total. The van der Waals surface area contributed by atoms with E-state index in [0.717, 1.165) is 16.7 Å². The number of rotatable bonds is 3. The number of hydrogen-bond donors (Lipinski definition) is 1. The first-order valence-corrected chi connectivity index (χ1v) is 6.30. The van der Waals surface area contributed by atoms with E-state index in [0.29, 0.717) is 17.5 Å². The van der Waals surface area contributed by atoms with Crippen LogP contribution in [0.5, 0.6) is 0 Å². The lowest BCUT2D eigenvalue weighted by Crippen LogP contribution is -2.10. The predicted octanol–water partition coefficient (Wildman–Crippen LogP) is 3.01. The molecule has 1 aliphatic carbocycles. The molecule has 4 nitrogen and oxygen atoms in total. The minimum absolute atomic E-state index is 0.329. The fraction of sp³-hybridized carbons (Fsp3) is 0.429. The highest BCUT2D eigenvalue weighted by molar-refractivity contribution is 6.04. The zero-order valence-electron chi connectivity index (χ0n) is 10.6. The van der Waals surface area contributed by atoms with Crippen LogP contribution in [0.15, 0.2) is 18.3 Å². The number of nitrogens with zero attached hydrogens (tertiary/aromatic N) is 2. The van der Waals surface area contributed by atoms with Gasteiger partial charge in [-0.3, -0.25) is 0 Å². The first-order chi connectivity index (χ1) is 8.61. The third-order valence-electron chi connectivity index (χ3n) is 3.93. The summed E-state index contributed by atoms with van der Waals surface area (Å²) in [4.78, 5) is 15.8. The molecular formula is C14H16N2O2. The first kappa shape index (κ1) is 11.3. The molecule has 1 aliphatic rings. The fourth-order valence-electron chi connectivity index (χ4n) is 2.82. The maximum atomic E-state index is 11.4. The normalized spacial score (nSPS) is 17.0. The summed E-state index contributed by atoms with van der Waals surface area (Å²) < 4.78 is 2.09. The fourth-order valence-corrected chi connectivity index (χ4v) is 2.82. The molecule has 0 aliphatic heterocycles. The number of aromatic nitrogens is 2. The number of carboxylic acid groups (broad SMARTS) is 1. The largest absolute Gasteiger partial charge is 0.478 e. The molecule has 0 amide bonds. The molecule has 18 heavy (non-hydrogen) atoms. The zero-order valence-corrected chi connectivity index (χ0v) is 10.6. The molecule has 4 heteroatoms. The predicted molar refractivity (Wildman–Crippen MR) is 68.9 cm³/mol. The van der Waals surface area contributed by atoms with E-state index in [1.54, 1.807) is 12.3 Å². The third kappa shape index (κ3) is 1.52. The summed E-state index contributed by atoms with van der Waals surface area (Å²) in [7, 11) is 0. The van der Waals surface area contributed by atoms with Crippen LogP contribution in [0.2, 0.25) is 0 Å². The van der Waals surface area contributed by atoms with E-state index < -0.39 is 5.97 Å². The van der Waals surface area contributed by atoms with Gasteiger partial charge in [0, 0.05) is 23.3 Å². The van der Waals surface area contributed by atoms with Gasteiger partial charge < -0.3 is 9.67 Å². The van der Waals surface area contributed by atoms with Gasteiger partial charge in [-0.1, -0.05) is 0 Å². The molecule has 1 atom stereocenters. The van der Waals surface area contributed by atoms with E-state index in [1.807, 2.05) is 13.0 Å². The van der Waals surface area contributed by atoms with Gasteiger partial charge in [-0.25, -0.2) is 9.78 Å². The second-order valence-electron chi connectivity index (χ2n) is 5.09. The molecule has 2 aromatic rings. The van der Waals surface area contributed by atoms with Crippen molar-refractivity contribution in [3.63, 3.8) is 0 Å². The Kier molecular flexibility index (Phi) is 2.40. The maximum absolute atomic E-state index is 11.4. The molecule has 2 heterocycles. The highest BCUT2D eigenvalue weighted by Gasteiger charge is 2.32. The molecule has 1 unspecified atom stereocenters. The van der Waals surface area contributed by atoms with Gasteiger partial charge in [0.1, 0.15) is 5.65 Å². The topological polar surface area (TPSA) is 55.1 Å². The van der Waals surface area contributed by atoms with Gasteiger partial charge in [0.25, 0.3) is 0 Å². The van der Waals surface area contributed by atoms with Crippen molar-refractivity contribution in [2.75, 3.05) is 0 Å². The van der Waals surface area contributed by atoms with Gasteiger partial charge in [-0.05, 0) is 44.7 Å². The number of carboxylic acids is 1. The van der Waals surface area contributed by atoms with Crippen LogP contribution in [0.4, 0.5) is 0 Å². The van der Waals surface area contributed by atoms with E-state index in [-0.39, 0.29) is 0 Å². The van der Waals surface area contributed by atoms with Gasteiger partial charge in [0.15, 0.2) is 0 Å². The van der Waals surface area contributed by atoms with Gasteiger partial charge in [0.2, 0.25) is 0 Å². The Balaban J connectivity index is 2.29.